The van der Waals surface area contributed by atoms with E-state index < -0.39 is 0 Å². The van der Waals surface area contributed by atoms with Gasteiger partial charge in [-0.2, -0.15) is 0 Å². The Labute approximate surface area is 235 Å². The zero-order chi connectivity index (χ0) is 27.9. The van der Waals surface area contributed by atoms with Crippen LogP contribution in [0, 0.1) is 0 Å². The Balaban J connectivity index is 1.31. The molecular weight excluding hydrogens is 508 g/mol. The number of aryl methyl sites for hydroxylation is 4. The molecule has 1 aliphatic heterocycles. The molecular formula is C33H34O7. The van der Waals surface area contributed by atoms with Crippen molar-refractivity contribution in [3.8, 4) is 46.0 Å². The van der Waals surface area contributed by atoms with Gasteiger partial charge < -0.3 is 33.2 Å². The molecule has 5 rings (SSSR count). The molecule has 0 unspecified atom stereocenters. The fraction of sp³-hybridized carbons (Fsp3) is 0.273. The van der Waals surface area contributed by atoms with Gasteiger partial charge in [0, 0.05) is 12.1 Å². The number of fused-ring (bicyclic) bond motifs is 1. The largest absolute Gasteiger partial charge is 0.497 e. The fourth-order valence-corrected chi connectivity index (χ4v) is 4.77. The number of hydrogen-bond acceptors (Lipinski definition) is 7. The maximum atomic E-state index is 6.35. The van der Waals surface area contributed by atoms with E-state index in [-0.39, 0.29) is 6.79 Å². The van der Waals surface area contributed by atoms with Gasteiger partial charge in [-0.25, -0.2) is 0 Å². The van der Waals surface area contributed by atoms with Gasteiger partial charge in [0.25, 0.3) is 0 Å². The zero-order valence-electron chi connectivity index (χ0n) is 23.3. The Bertz CT molecular complexity index is 1460. The molecule has 4 aromatic rings. The van der Waals surface area contributed by atoms with Crippen molar-refractivity contribution in [1.29, 1.82) is 0 Å². The second kappa shape index (κ2) is 12.6. The normalized spacial score (nSPS) is 11.7. The van der Waals surface area contributed by atoms with E-state index in [1.165, 1.54) is 5.56 Å². The van der Waals surface area contributed by atoms with Crippen LogP contribution in [0.3, 0.4) is 0 Å². The fourth-order valence-electron chi connectivity index (χ4n) is 4.77. The lowest BCUT2D eigenvalue weighted by Crippen LogP contribution is -1.97. The SMILES string of the molecule is COc1cccc(CCc2cc(OC)cc(Oc3cc(CCc4cc(OC)c5c(c4)OCO5)cc(OC)c3)c2)c1. The molecule has 0 fully saturated rings. The molecule has 0 saturated heterocycles. The Morgan fingerprint density at radius 3 is 1.68 bits per heavy atom. The second-order valence-corrected chi connectivity index (χ2v) is 9.52. The molecule has 40 heavy (non-hydrogen) atoms. The van der Waals surface area contributed by atoms with Crippen molar-refractivity contribution < 1.29 is 33.2 Å². The molecule has 208 valence electrons. The standard InChI is InChI=1S/C33H34O7/c1-34-26-7-5-6-22(12-26)8-9-23-13-27(35-2)19-29(15-23)40-30-16-24(14-28(20-30)36-3)10-11-25-17-31(37-4)33-32(18-25)38-21-39-33/h5-7,12-20H,8-11,21H2,1-4H3. The number of ether oxygens (including phenoxy) is 7. The van der Waals surface area contributed by atoms with E-state index in [9.17, 15) is 0 Å². The Morgan fingerprint density at radius 2 is 1.07 bits per heavy atom. The van der Waals surface area contributed by atoms with Gasteiger partial charge in [0.1, 0.15) is 28.7 Å². The van der Waals surface area contributed by atoms with Crippen LogP contribution in [0.2, 0.25) is 0 Å². The Kier molecular flexibility index (Phi) is 8.50. The van der Waals surface area contributed by atoms with E-state index in [1.807, 2.05) is 54.6 Å². The van der Waals surface area contributed by atoms with Crippen LogP contribution in [0.15, 0.2) is 72.8 Å². The summed E-state index contributed by atoms with van der Waals surface area (Å²) in [7, 11) is 6.65. The molecule has 7 nitrogen and oxygen atoms in total. The maximum Gasteiger partial charge on any atom is 0.231 e. The molecule has 0 amide bonds. The van der Waals surface area contributed by atoms with E-state index in [1.54, 1.807) is 28.4 Å². The maximum absolute atomic E-state index is 6.35. The zero-order valence-corrected chi connectivity index (χ0v) is 23.3. The van der Waals surface area contributed by atoms with Crippen molar-refractivity contribution >= 4 is 0 Å². The van der Waals surface area contributed by atoms with Crippen molar-refractivity contribution in [2.45, 2.75) is 25.7 Å². The highest BCUT2D eigenvalue weighted by Crippen LogP contribution is 2.42. The number of rotatable bonds is 12. The van der Waals surface area contributed by atoms with Crippen LogP contribution in [0.4, 0.5) is 0 Å². The molecule has 0 radical (unpaired) electrons. The first kappa shape index (κ1) is 27.1. The van der Waals surface area contributed by atoms with Gasteiger partial charge in [0.2, 0.25) is 12.5 Å². The minimum Gasteiger partial charge on any atom is -0.497 e. The third kappa shape index (κ3) is 6.54. The average molecular weight is 543 g/mol. The summed E-state index contributed by atoms with van der Waals surface area (Å²) in [6.07, 6.45) is 3.27. The van der Waals surface area contributed by atoms with E-state index >= 15 is 0 Å². The van der Waals surface area contributed by atoms with Crippen molar-refractivity contribution in [2.75, 3.05) is 35.2 Å². The lowest BCUT2D eigenvalue weighted by atomic mass is 10.0. The predicted octanol–water partition coefficient (Wildman–Crippen LogP) is 6.81. The van der Waals surface area contributed by atoms with Gasteiger partial charge >= 0.3 is 0 Å². The van der Waals surface area contributed by atoms with Gasteiger partial charge in [0.15, 0.2) is 11.5 Å². The molecule has 0 aromatic heterocycles. The summed E-state index contributed by atoms with van der Waals surface area (Å²) in [5, 5.41) is 0. The van der Waals surface area contributed by atoms with Crippen LogP contribution < -0.4 is 33.2 Å². The van der Waals surface area contributed by atoms with Crippen molar-refractivity contribution in [3.63, 3.8) is 0 Å². The quantitative estimate of drug-likeness (QED) is 0.195. The molecule has 0 spiro atoms. The number of benzene rings is 4. The average Bonchev–Trinajstić information content (AvgIpc) is 3.47. The summed E-state index contributed by atoms with van der Waals surface area (Å²) in [4.78, 5) is 0. The van der Waals surface area contributed by atoms with E-state index in [0.717, 1.165) is 59.6 Å². The highest BCUT2D eigenvalue weighted by atomic mass is 16.7. The van der Waals surface area contributed by atoms with Crippen LogP contribution in [0.25, 0.3) is 0 Å². The molecule has 4 aromatic carbocycles. The molecule has 0 aliphatic carbocycles. The van der Waals surface area contributed by atoms with Gasteiger partial charge in [-0.3, -0.25) is 0 Å². The topological polar surface area (TPSA) is 64.6 Å². The third-order valence-electron chi connectivity index (χ3n) is 6.84. The lowest BCUT2D eigenvalue weighted by Gasteiger charge is -2.14. The van der Waals surface area contributed by atoms with Crippen molar-refractivity contribution in [2.24, 2.45) is 0 Å². The highest BCUT2D eigenvalue weighted by molar-refractivity contribution is 5.55. The molecule has 0 bridgehead atoms. The smallest absolute Gasteiger partial charge is 0.231 e. The Morgan fingerprint density at radius 1 is 0.525 bits per heavy atom. The minimum atomic E-state index is 0.207. The first-order chi connectivity index (χ1) is 19.6. The molecule has 0 atom stereocenters. The summed E-state index contributed by atoms with van der Waals surface area (Å²) < 4.78 is 39.5. The van der Waals surface area contributed by atoms with Crippen LogP contribution >= 0.6 is 0 Å². The van der Waals surface area contributed by atoms with Gasteiger partial charge in [-0.15, -0.1) is 0 Å². The number of methoxy groups -OCH3 is 4. The van der Waals surface area contributed by atoms with Crippen LogP contribution in [0.1, 0.15) is 22.3 Å². The number of hydrogen-bond donors (Lipinski definition) is 0. The van der Waals surface area contributed by atoms with Gasteiger partial charge in [0.05, 0.1) is 28.4 Å². The summed E-state index contributed by atoms with van der Waals surface area (Å²) in [6, 6.07) is 24.1. The van der Waals surface area contributed by atoms with E-state index in [2.05, 4.69) is 18.2 Å². The molecule has 1 heterocycles. The van der Waals surface area contributed by atoms with E-state index in [4.69, 9.17) is 33.2 Å². The minimum absolute atomic E-state index is 0.207. The van der Waals surface area contributed by atoms with Crippen LogP contribution in [0.5, 0.6) is 46.0 Å². The van der Waals surface area contributed by atoms with Crippen molar-refractivity contribution in [3.05, 3.63) is 95.1 Å². The molecule has 0 N–H and O–H groups in total. The summed E-state index contributed by atoms with van der Waals surface area (Å²) in [5.74, 6) is 5.80. The van der Waals surface area contributed by atoms with Gasteiger partial charge in [-0.05, 0) is 96.5 Å². The van der Waals surface area contributed by atoms with E-state index in [0.29, 0.717) is 28.7 Å². The van der Waals surface area contributed by atoms with Crippen LogP contribution in [-0.4, -0.2) is 35.2 Å². The molecule has 0 saturated carbocycles. The predicted molar refractivity (Wildman–Crippen MR) is 153 cm³/mol. The summed E-state index contributed by atoms with van der Waals surface area (Å²) >= 11 is 0. The first-order valence-electron chi connectivity index (χ1n) is 13.2. The molecule has 7 heteroatoms. The van der Waals surface area contributed by atoms with Gasteiger partial charge in [-0.1, -0.05) is 12.1 Å². The monoisotopic (exact) mass is 542 g/mol. The Hall–Kier alpha value is -4.52. The first-order valence-corrected chi connectivity index (χ1v) is 13.2. The molecule has 1 aliphatic rings. The summed E-state index contributed by atoms with van der Waals surface area (Å²) in [6.45, 7) is 0.207. The highest BCUT2D eigenvalue weighted by Gasteiger charge is 2.20. The van der Waals surface area contributed by atoms with Crippen molar-refractivity contribution in [1.82, 2.24) is 0 Å². The third-order valence-corrected chi connectivity index (χ3v) is 6.84. The second-order valence-electron chi connectivity index (χ2n) is 9.52. The lowest BCUT2D eigenvalue weighted by molar-refractivity contribution is 0.171. The van der Waals surface area contributed by atoms with Crippen LogP contribution in [-0.2, 0) is 25.7 Å². The summed E-state index contributed by atoms with van der Waals surface area (Å²) in [5.41, 5.74) is 4.52.